The molecule has 0 amide bonds. The summed E-state index contributed by atoms with van der Waals surface area (Å²) in [7, 11) is 0. The van der Waals surface area contributed by atoms with Gasteiger partial charge in [0.15, 0.2) is 0 Å². The maximum atomic E-state index is 11.0. The first-order valence-corrected chi connectivity index (χ1v) is 7.08. The smallest absolute Gasteiger partial charge is 0.335 e. The second-order valence-corrected chi connectivity index (χ2v) is 5.84. The highest BCUT2D eigenvalue weighted by molar-refractivity contribution is 7.21. The van der Waals surface area contributed by atoms with Crippen LogP contribution in [0.25, 0.3) is 20.8 Å². The van der Waals surface area contributed by atoms with Gasteiger partial charge in [-0.3, -0.25) is 0 Å². The van der Waals surface area contributed by atoms with Gasteiger partial charge in [-0.25, -0.2) is 9.78 Å². The van der Waals surface area contributed by atoms with Gasteiger partial charge in [0.2, 0.25) is 0 Å². The minimum atomic E-state index is -0.909. The molecule has 2 aromatic carbocycles. The molecular formula is C16H13NO2S. The van der Waals surface area contributed by atoms with Gasteiger partial charge in [-0.2, -0.15) is 0 Å². The molecule has 3 rings (SSSR count). The van der Waals surface area contributed by atoms with Gasteiger partial charge in [0.05, 0.1) is 15.8 Å². The van der Waals surface area contributed by atoms with Crippen molar-refractivity contribution in [2.24, 2.45) is 0 Å². The molecule has 0 saturated carbocycles. The van der Waals surface area contributed by atoms with Crippen molar-refractivity contribution in [3.63, 3.8) is 0 Å². The second-order valence-electron chi connectivity index (χ2n) is 4.81. The van der Waals surface area contributed by atoms with Crippen molar-refractivity contribution in [2.75, 3.05) is 0 Å². The molecule has 4 heteroatoms. The van der Waals surface area contributed by atoms with Crippen molar-refractivity contribution in [3.05, 3.63) is 53.1 Å². The van der Waals surface area contributed by atoms with E-state index in [4.69, 9.17) is 5.11 Å². The molecule has 0 spiro atoms. The van der Waals surface area contributed by atoms with E-state index in [1.165, 1.54) is 22.5 Å². The molecule has 1 aromatic heterocycles. The first kappa shape index (κ1) is 12.8. The van der Waals surface area contributed by atoms with E-state index in [2.05, 4.69) is 37.0 Å². The summed E-state index contributed by atoms with van der Waals surface area (Å²) in [5, 5.41) is 9.94. The first-order valence-electron chi connectivity index (χ1n) is 6.26. The molecule has 0 unspecified atom stereocenters. The number of nitrogens with zero attached hydrogens (tertiary/aromatic N) is 1. The number of carboxylic acids is 1. The van der Waals surface area contributed by atoms with Crippen molar-refractivity contribution in [2.45, 2.75) is 13.8 Å². The number of benzene rings is 2. The average molecular weight is 283 g/mol. The number of hydrogen-bond donors (Lipinski definition) is 1. The Kier molecular flexibility index (Phi) is 3.03. The molecule has 0 bridgehead atoms. The maximum Gasteiger partial charge on any atom is 0.335 e. The van der Waals surface area contributed by atoms with E-state index in [1.54, 1.807) is 18.2 Å². The molecule has 1 N–H and O–H groups in total. The van der Waals surface area contributed by atoms with Gasteiger partial charge in [-0.1, -0.05) is 12.1 Å². The lowest BCUT2D eigenvalue weighted by Crippen LogP contribution is -1.94. The minimum Gasteiger partial charge on any atom is -0.478 e. The Morgan fingerprint density at radius 1 is 1.10 bits per heavy atom. The molecule has 1 heterocycles. The molecule has 3 nitrogen and oxygen atoms in total. The van der Waals surface area contributed by atoms with E-state index in [0.29, 0.717) is 5.56 Å². The summed E-state index contributed by atoms with van der Waals surface area (Å²) in [6.45, 7) is 4.16. The summed E-state index contributed by atoms with van der Waals surface area (Å²) in [6.07, 6.45) is 0. The second kappa shape index (κ2) is 4.72. The summed E-state index contributed by atoms with van der Waals surface area (Å²) in [4.78, 5) is 15.6. The summed E-state index contributed by atoms with van der Waals surface area (Å²) in [5.74, 6) is -0.909. The molecule has 3 aromatic rings. The SMILES string of the molecule is Cc1ccc(-c2nc3ccc(C(=O)O)cc3s2)cc1C. The highest BCUT2D eigenvalue weighted by atomic mass is 32.1. The Bertz CT molecular complexity index is 820. The number of rotatable bonds is 2. The fraction of sp³-hybridized carbons (Fsp3) is 0.125. The van der Waals surface area contributed by atoms with Crippen LogP contribution in [0.3, 0.4) is 0 Å². The van der Waals surface area contributed by atoms with E-state index in [0.717, 1.165) is 20.8 Å². The number of aromatic nitrogens is 1. The third-order valence-electron chi connectivity index (χ3n) is 3.39. The zero-order chi connectivity index (χ0) is 14.3. The molecule has 0 saturated heterocycles. The molecular weight excluding hydrogens is 270 g/mol. The average Bonchev–Trinajstić information content (AvgIpc) is 2.84. The van der Waals surface area contributed by atoms with Crippen molar-refractivity contribution < 1.29 is 9.90 Å². The van der Waals surface area contributed by atoms with E-state index in [-0.39, 0.29) is 0 Å². The third-order valence-corrected chi connectivity index (χ3v) is 4.46. The molecule has 20 heavy (non-hydrogen) atoms. The Morgan fingerprint density at radius 2 is 1.90 bits per heavy atom. The fourth-order valence-electron chi connectivity index (χ4n) is 2.06. The van der Waals surface area contributed by atoms with E-state index >= 15 is 0 Å². The first-order chi connectivity index (χ1) is 9.54. The molecule has 0 radical (unpaired) electrons. The monoisotopic (exact) mass is 283 g/mol. The summed E-state index contributed by atoms with van der Waals surface area (Å²) in [5.41, 5.74) is 4.70. The fourth-order valence-corrected chi connectivity index (χ4v) is 3.06. The summed E-state index contributed by atoms with van der Waals surface area (Å²) >= 11 is 1.52. The number of fused-ring (bicyclic) bond motifs is 1. The van der Waals surface area contributed by atoms with Gasteiger partial charge in [0, 0.05) is 5.56 Å². The molecule has 0 aliphatic heterocycles. The number of carboxylic acid groups (broad SMARTS) is 1. The number of carbonyl (C=O) groups is 1. The van der Waals surface area contributed by atoms with Crippen LogP contribution in [0.1, 0.15) is 21.5 Å². The van der Waals surface area contributed by atoms with Gasteiger partial charge in [0.25, 0.3) is 0 Å². The highest BCUT2D eigenvalue weighted by Crippen LogP contribution is 2.31. The van der Waals surface area contributed by atoms with Crippen molar-refractivity contribution in [3.8, 4) is 10.6 Å². The quantitative estimate of drug-likeness (QED) is 0.763. The Hall–Kier alpha value is -2.20. The zero-order valence-electron chi connectivity index (χ0n) is 11.2. The van der Waals surface area contributed by atoms with Crippen LogP contribution in [0.4, 0.5) is 0 Å². The molecule has 100 valence electrons. The normalized spacial score (nSPS) is 10.9. The highest BCUT2D eigenvalue weighted by Gasteiger charge is 2.10. The van der Waals surface area contributed by atoms with Gasteiger partial charge in [0.1, 0.15) is 5.01 Å². The van der Waals surface area contributed by atoms with Crippen LogP contribution in [-0.4, -0.2) is 16.1 Å². The lowest BCUT2D eigenvalue weighted by atomic mass is 10.1. The zero-order valence-corrected chi connectivity index (χ0v) is 12.0. The topological polar surface area (TPSA) is 50.2 Å². The van der Waals surface area contributed by atoms with Crippen LogP contribution in [0.2, 0.25) is 0 Å². The maximum absolute atomic E-state index is 11.0. The number of thiazole rings is 1. The van der Waals surface area contributed by atoms with Crippen LogP contribution in [-0.2, 0) is 0 Å². The Labute approximate surface area is 120 Å². The molecule has 0 fully saturated rings. The Morgan fingerprint density at radius 3 is 2.60 bits per heavy atom. The predicted octanol–water partition coefficient (Wildman–Crippen LogP) is 4.28. The summed E-state index contributed by atoms with van der Waals surface area (Å²) in [6, 6.07) is 11.3. The predicted molar refractivity (Wildman–Crippen MR) is 81.5 cm³/mol. The number of aromatic carboxylic acids is 1. The van der Waals surface area contributed by atoms with E-state index < -0.39 is 5.97 Å². The third kappa shape index (κ3) is 2.18. The van der Waals surface area contributed by atoms with Gasteiger partial charge in [-0.05, 0) is 49.2 Å². The van der Waals surface area contributed by atoms with Gasteiger partial charge >= 0.3 is 5.97 Å². The van der Waals surface area contributed by atoms with Crippen molar-refractivity contribution >= 4 is 27.5 Å². The minimum absolute atomic E-state index is 0.299. The van der Waals surface area contributed by atoms with E-state index in [1.807, 2.05) is 0 Å². The van der Waals surface area contributed by atoms with Gasteiger partial charge in [-0.15, -0.1) is 11.3 Å². The molecule has 0 atom stereocenters. The largest absolute Gasteiger partial charge is 0.478 e. The lowest BCUT2D eigenvalue weighted by molar-refractivity contribution is 0.0697. The van der Waals surface area contributed by atoms with Crippen LogP contribution in [0.15, 0.2) is 36.4 Å². The lowest BCUT2D eigenvalue weighted by Gasteiger charge is -2.01. The number of hydrogen-bond acceptors (Lipinski definition) is 3. The van der Waals surface area contributed by atoms with E-state index in [9.17, 15) is 4.79 Å². The standard InChI is InChI=1S/C16H13NO2S/c1-9-3-4-11(7-10(9)2)15-17-13-6-5-12(16(18)19)8-14(13)20-15/h3-8H,1-2H3,(H,18,19). The molecule has 0 aliphatic carbocycles. The van der Waals surface area contributed by atoms with Crippen LogP contribution in [0.5, 0.6) is 0 Å². The number of aryl methyl sites for hydroxylation is 2. The van der Waals surface area contributed by atoms with Gasteiger partial charge < -0.3 is 5.11 Å². The van der Waals surface area contributed by atoms with Crippen molar-refractivity contribution in [1.29, 1.82) is 0 Å². The summed E-state index contributed by atoms with van der Waals surface area (Å²) < 4.78 is 0.901. The Balaban J connectivity index is 2.12. The van der Waals surface area contributed by atoms with Crippen LogP contribution in [0, 0.1) is 13.8 Å². The van der Waals surface area contributed by atoms with Crippen molar-refractivity contribution in [1.82, 2.24) is 4.98 Å². The van der Waals surface area contributed by atoms with Crippen LogP contribution >= 0.6 is 11.3 Å². The molecule has 0 aliphatic rings. The van der Waals surface area contributed by atoms with Crippen LogP contribution < -0.4 is 0 Å².